The smallest absolute Gasteiger partial charge is 0.485 e. The Bertz CT molecular complexity index is 672. The number of halogens is 3. The average Bonchev–Trinajstić information content (AvgIpc) is 2.85. The molecule has 23 heavy (non-hydrogen) atoms. The fourth-order valence-corrected chi connectivity index (χ4v) is 2.00. The van der Waals surface area contributed by atoms with E-state index in [1.54, 1.807) is 17.3 Å². The Labute approximate surface area is 128 Å². The van der Waals surface area contributed by atoms with E-state index in [1.807, 2.05) is 0 Å². The van der Waals surface area contributed by atoms with Crippen LogP contribution in [-0.2, 0) is 9.53 Å². The lowest BCUT2D eigenvalue weighted by Crippen LogP contribution is -2.44. The van der Waals surface area contributed by atoms with Crippen LogP contribution in [0.4, 0.5) is 13.2 Å². The lowest BCUT2D eigenvalue weighted by atomic mass is 10.3. The van der Waals surface area contributed by atoms with Gasteiger partial charge in [-0.2, -0.15) is 0 Å². The number of hydrogen-bond acceptors (Lipinski definition) is 5. The van der Waals surface area contributed by atoms with Crippen LogP contribution in [-0.4, -0.2) is 30.1 Å². The van der Waals surface area contributed by atoms with Gasteiger partial charge in [0.15, 0.2) is 5.76 Å². The van der Waals surface area contributed by atoms with E-state index in [2.05, 4.69) is 10.1 Å². The molecule has 6 nitrogen and oxygen atoms in total. The summed E-state index contributed by atoms with van der Waals surface area (Å²) in [5, 5.41) is 2.57. The van der Waals surface area contributed by atoms with Gasteiger partial charge in [0.1, 0.15) is 18.1 Å². The van der Waals surface area contributed by atoms with Crippen molar-refractivity contribution in [2.24, 2.45) is 0 Å². The van der Waals surface area contributed by atoms with Gasteiger partial charge in [0, 0.05) is 18.3 Å². The van der Waals surface area contributed by atoms with E-state index in [1.165, 1.54) is 24.3 Å². The van der Waals surface area contributed by atoms with Gasteiger partial charge < -0.3 is 14.2 Å². The van der Waals surface area contributed by atoms with Crippen LogP contribution in [0.25, 0.3) is 0 Å². The molecule has 1 atom stereocenters. The topological polar surface area (TPSA) is 60.0 Å². The van der Waals surface area contributed by atoms with Crippen LogP contribution in [0, 0.1) is 0 Å². The molecule has 0 fully saturated rings. The first-order valence-electron chi connectivity index (χ1n) is 6.51. The van der Waals surface area contributed by atoms with Crippen LogP contribution in [0.15, 0.2) is 48.5 Å². The number of alkyl halides is 3. The molecule has 0 spiro atoms. The third-order valence-corrected chi connectivity index (χ3v) is 2.91. The summed E-state index contributed by atoms with van der Waals surface area (Å²) in [6.45, 7) is -0.00776. The van der Waals surface area contributed by atoms with Crippen molar-refractivity contribution in [2.75, 3.05) is 6.61 Å². The second kappa shape index (κ2) is 5.75. The van der Waals surface area contributed by atoms with Crippen LogP contribution in [0.5, 0.6) is 11.5 Å². The monoisotopic (exact) mass is 328 g/mol. The maximum absolute atomic E-state index is 12.2. The number of hydrogen-bond donors (Lipinski definition) is 1. The molecule has 2 heterocycles. The Hall–Kier alpha value is -2.84. The molecular weight excluding hydrogens is 317 g/mol. The molecule has 0 aliphatic carbocycles. The molecule has 2 aliphatic rings. The maximum Gasteiger partial charge on any atom is 0.573 e. The first-order chi connectivity index (χ1) is 10.9. The largest absolute Gasteiger partial charge is 0.573 e. The molecule has 122 valence electrons. The van der Waals surface area contributed by atoms with Crippen molar-refractivity contribution in [2.45, 2.75) is 12.7 Å². The molecule has 0 bridgehead atoms. The van der Waals surface area contributed by atoms with Gasteiger partial charge >= 0.3 is 6.36 Å². The molecule has 0 radical (unpaired) electrons. The molecule has 1 N–H and O–H groups in total. The van der Waals surface area contributed by atoms with Gasteiger partial charge in [-0.25, -0.2) is 0 Å². The summed E-state index contributed by atoms with van der Waals surface area (Å²) < 4.78 is 51.1. The highest BCUT2D eigenvalue weighted by Gasteiger charge is 2.31. The third-order valence-electron chi connectivity index (χ3n) is 2.91. The Kier molecular flexibility index (Phi) is 3.77. The highest BCUT2D eigenvalue weighted by Crippen LogP contribution is 2.27. The maximum atomic E-state index is 12.2. The van der Waals surface area contributed by atoms with Crippen molar-refractivity contribution in [3.8, 4) is 11.5 Å². The van der Waals surface area contributed by atoms with Crippen molar-refractivity contribution in [3.05, 3.63) is 48.5 Å². The van der Waals surface area contributed by atoms with E-state index in [-0.39, 0.29) is 24.0 Å². The molecule has 1 aromatic rings. The standard InChI is InChI=1S/C14H11F3N2O4/c15-14(16,17)23-10-3-1-2-9(6-10)21-8-11-7-19-5-4-12(20)18-13(19)22-11/h1-7,13H,8H2,(H,18,20). The first-order valence-corrected chi connectivity index (χ1v) is 6.51. The summed E-state index contributed by atoms with van der Waals surface area (Å²) >= 11 is 0. The van der Waals surface area contributed by atoms with Crippen molar-refractivity contribution in [1.29, 1.82) is 0 Å². The first kappa shape index (κ1) is 15.1. The second-order valence-corrected chi connectivity index (χ2v) is 4.65. The van der Waals surface area contributed by atoms with Gasteiger partial charge in [-0.15, -0.1) is 13.2 Å². The SMILES string of the molecule is O=C1C=CN2C=C(COc3cccc(OC(F)(F)F)c3)OC2N1. The summed E-state index contributed by atoms with van der Waals surface area (Å²) in [6, 6.07) is 5.17. The van der Waals surface area contributed by atoms with Crippen LogP contribution in [0.1, 0.15) is 0 Å². The highest BCUT2D eigenvalue weighted by atomic mass is 19.4. The minimum atomic E-state index is -4.76. The molecule has 1 amide bonds. The predicted octanol–water partition coefficient (Wildman–Crippen LogP) is 2.06. The molecule has 1 aromatic carbocycles. The number of rotatable bonds is 4. The van der Waals surface area contributed by atoms with E-state index in [0.29, 0.717) is 5.76 Å². The quantitative estimate of drug-likeness (QED) is 0.917. The van der Waals surface area contributed by atoms with E-state index in [0.717, 1.165) is 6.07 Å². The van der Waals surface area contributed by atoms with Crippen LogP contribution in [0.3, 0.4) is 0 Å². The number of nitrogens with one attached hydrogen (secondary N) is 1. The minimum absolute atomic E-state index is 0.00776. The van der Waals surface area contributed by atoms with Crippen molar-refractivity contribution in [3.63, 3.8) is 0 Å². The van der Waals surface area contributed by atoms with Gasteiger partial charge in [-0.05, 0) is 12.1 Å². The summed E-state index contributed by atoms with van der Waals surface area (Å²) in [6.07, 6.45) is -0.877. The Balaban J connectivity index is 1.58. The summed E-state index contributed by atoms with van der Waals surface area (Å²) in [4.78, 5) is 12.8. The summed E-state index contributed by atoms with van der Waals surface area (Å²) in [7, 11) is 0. The lowest BCUT2D eigenvalue weighted by molar-refractivity contribution is -0.274. The van der Waals surface area contributed by atoms with E-state index in [4.69, 9.17) is 9.47 Å². The fraction of sp³-hybridized carbons (Fsp3) is 0.214. The van der Waals surface area contributed by atoms with E-state index >= 15 is 0 Å². The Morgan fingerprint density at radius 1 is 1.30 bits per heavy atom. The Morgan fingerprint density at radius 2 is 2.09 bits per heavy atom. The Morgan fingerprint density at radius 3 is 2.87 bits per heavy atom. The van der Waals surface area contributed by atoms with Crippen LogP contribution >= 0.6 is 0 Å². The van der Waals surface area contributed by atoms with E-state index in [9.17, 15) is 18.0 Å². The molecule has 2 aliphatic heterocycles. The molecule has 0 saturated heterocycles. The van der Waals surface area contributed by atoms with Crippen LogP contribution < -0.4 is 14.8 Å². The molecule has 3 rings (SSSR count). The van der Waals surface area contributed by atoms with Gasteiger partial charge in [0.2, 0.25) is 5.91 Å². The van der Waals surface area contributed by atoms with Gasteiger partial charge in [-0.1, -0.05) is 6.07 Å². The van der Waals surface area contributed by atoms with Crippen molar-refractivity contribution < 1.29 is 32.2 Å². The number of carbonyl (C=O) groups excluding carboxylic acids is 1. The zero-order valence-corrected chi connectivity index (χ0v) is 11.5. The number of nitrogens with zero attached hydrogens (tertiary/aromatic N) is 1. The zero-order valence-electron chi connectivity index (χ0n) is 11.5. The molecule has 9 heteroatoms. The number of amides is 1. The normalized spacial score (nSPS) is 19.6. The van der Waals surface area contributed by atoms with Crippen molar-refractivity contribution in [1.82, 2.24) is 10.2 Å². The van der Waals surface area contributed by atoms with Crippen LogP contribution in [0.2, 0.25) is 0 Å². The van der Waals surface area contributed by atoms with Gasteiger partial charge in [0.05, 0.1) is 6.20 Å². The summed E-state index contributed by atoms with van der Waals surface area (Å²) in [5.74, 6) is -0.0348. The number of fused-ring (bicyclic) bond motifs is 1. The van der Waals surface area contributed by atoms with E-state index < -0.39 is 12.7 Å². The molecule has 1 unspecified atom stereocenters. The fourth-order valence-electron chi connectivity index (χ4n) is 2.00. The number of ether oxygens (including phenoxy) is 3. The zero-order chi connectivity index (χ0) is 16.4. The molecule has 0 saturated carbocycles. The number of benzene rings is 1. The third kappa shape index (κ3) is 3.87. The number of carbonyl (C=O) groups is 1. The van der Waals surface area contributed by atoms with Crippen molar-refractivity contribution >= 4 is 5.91 Å². The second-order valence-electron chi connectivity index (χ2n) is 4.65. The van der Waals surface area contributed by atoms with Gasteiger partial charge in [0.25, 0.3) is 6.35 Å². The molecular formula is C14H11F3N2O4. The highest BCUT2D eigenvalue weighted by molar-refractivity contribution is 5.88. The molecule has 0 aromatic heterocycles. The summed E-state index contributed by atoms with van der Waals surface area (Å²) in [5.41, 5.74) is 0. The lowest BCUT2D eigenvalue weighted by Gasteiger charge is -2.24. The predicted molar refractivity (Wildman–Crippen MR) is 70.7 cm³/mol. The van der Waals surface area contributed by atoms with Gasteiger partial charge in [-0.3, -0.25) is 15.0 Å². The minimum Gasteiger partial charge on any atom is -0.485 e. The average molecular weight is 328 g/mol.